The predicted octanol–water partition coefficient (Wildman–Crippen LogP) is -1.67. The zero-order valence-corrected chi connectivity index (χ0v) is 9.83. The van der Waals surface area contributed by atoms with Crippen molar-refractivity contribution in [1.29, 1.82) is 0 Å². The van der Waals surface area contributed by atoms with Gasteiger partial charge in [0.1, 0.15) is 13.0 Å². The molecule has 7 nitrogen and oxygen atoms in total. The van der Waals surface area contributed by atoms with E-state index >= 15 is 0 Å². The summed E-state index contributed by atoms with van der Waals surface area (Å²) in [5.41, 5.74) is 4.10. The molecule has 0 rings (SSSR count). The van der Waals surface area contributed by atoms with Crippen LogP contribution in [0.4, 0.5) is 0 Å². The second-order valence-corrected chi connectivity index (χ2v) is 2.99. The lowest BCUT2D eigenvalue weighted by Crippen LogP contribution is -2.44. The number of carbonyl (C=O) groups is 3. The number of hydrazine groups is 1. The van der Waals surface area contributed by atoms with Gasteiger partial charge in [-0.1, -0.05) is 0 Å². The highest BCUT2D eigenvalue weighted by Gasteiger charge is 2.08. The zero-order chi connectivity index (χ0) is 11.7. The lowest BCUT2D eigenvalue weighted by Gasteiger charge is -2.06. The van der Waals surface area contributed by atoms with Gasteiger partial charge in [0.05, 0.1) is 5.88 Å². The standard InChI is InChI=1S/C6H12N3O4PS/c10-4(7-3-15)1-5(11)8-9-6(12)2-13-14/h15H,1-3,14H2,(H,7,10)(H,8,11)(H,9,12). The van der Waals surface area contributed by atoms with Crippen molar-refractivity contribution >= 4 is 39.8 Å². The molecule has 1 atom stereocenters. The first-order chi connectivity index (χ1) is 7.10. The molecule has 0 radical (unpaired) electrons. The summed E-state index contributed by atoms with van der Waals surface area (Å²) in [5, 5.41) is 2.31. The van der Waals surface area contributed by atoms with Crippen molar-refractivity contribution in [1.82, 2.24) is 16.2 Å². The number of thiol groups is 1. The molecule has 0 spiro atoms. The molecule has 0 aliphatic heterocycles. The van der Waals surface area contributed by atoms with Crippen LogP contribution in [0, 0.1) is 0 Å². The van der Waals surface area contributed by atoms with Crippen LogP contribution in [0.3, 0.4) is 0 Å². The van der Waals surface area contributed by atoms with Crippen LogP contribution in [0.25, 0.3) is 0 Å². The Morgan fingerprint density at radius 1 is 1.13 bits per heavy atom. The Bertz CT molecular complexity index is 251. The second-order valence-electron chi connectivity index (χ2n) is 2.34. The van der Waals surface area contributed by atoms with Gasteiger partial charge in [0.15, 0.2) is 0 Å². The van der Waals surface area contributed by atoms with Crippen LogP contribution in [-0.2, 0) is 18.9 Å². The third-order valence-electron chi connectivity index (χ3n) is 1.15. The van der Waals surface area contributed by atoms with E-state index < -0.39 is 17.7 Å². The van der Waals surface area contributed by atoms with Gasteiger partial charge in [-0.05, 0) is 0 Å². The Morgan fingerprint density at radius 2 is 1.73 bits per heavy atom. The van der Waals surface area contributed by atoms with E-state index in [1.54, 1.807) is 0 Å². The van der Waals surface area contributed by atoms with Crippen LogP contribution in [0.1, 0.15) is 6.42 Å². The number of amides is 3. The smallest absolute Gasteiger partial charge is 0.264 e. The normalized spacial score (nSPS) is 9.20. The second kappa shape index (κ2) is 8.46. The van der Waals surface area contributed by atoms with Gasteiger partial charge in [-0.3, -0.25) is 25.2 Å². The number of carbonyl (C=O) groups excluding carboxylic acids is 3. The van der Waals surface area contributed by atoms with Gasteiger partial charge >= 0.3 is 0 Å². The van der Waals surface area contributed by atoms with E-state index in [-0.39, 0.29) is 18.9 Å². The van der Waals surface area contributed by atoms with Crippen molar-refractivity contribution in [3.63, 3.8) is 0 Å². The molecule has 0 bridgehead atoms. The number of rotatable bonds is 5. The minimum absolute atomic E-state index is 0.152. The fraction of sp³-hybridized carbons (Fsp3) is 0.500. The maximum absolute atomic E-state index is 11.0. The lowest BCUT2D eigenvalue weighted by molar-refractivity contribution is -0.133. The summed E-state index contributed by atoms with van der Waals surface area (Å²) in [4.78, 5) is 32.6. The predicted molar refractivity (Wildman–Crippen MR) is 58.6 cm³/mol. The SMILES string of the molecule is O=C(CC(=O)NNC(=O)COP)NCS. The first-order valence-electron chi connectivity index (χ1n) is 3.87. The van der Waals surface area contributed by atoms with Crippen molar-refractivity contribution in [3.05, 3.63) is 0 Å². The Hall–Kier alpha value is -0.850. The van der Waals surface area contributed by atoms with Gasteiger partial charge in [0.2, 0.25) is 11.8 Å². The van der Waals surface area contributed by atoms with Crippen molar-refractivity contribution in [2.24, 2.45) is 0 Å². The number of hydrogen-bond acceptors (Lipinski definition) is 5. The average Bonchev–Trinajstić information content (AvgIpc) is 2.15. The third kappa shape index (κ3) is 8.17. The number of nitrogens with one attached hydrogen (secondary N) is 3. The minimum Gasteiger partial charge on any atom is -0.356 e. The molecule has 86 valence electrons. The first-order valence-corrected chi connectivity index (χ1v) is 4.97. The molecule has 0 saturated carbocycles. The molecule has 0 aromatic heterocycles. The van der Waals surface area contributed by atoms with E-state index in [1.165, 1.54) is 0 Å². The van der Waals surface area contributed by atoms with Crippen LogP contribution in [0.2, 0.25) is 0 Å². The Kier molecular flexibility index (Phi) is 7.98. The average molecular weight is 253 g/mol. The highest BCUT2D eigenvalue weighted by Crippen LogP contribution is 1.83. The fourth-order valence-electron chi connectivity index (χ4n) is 0.592. The molecular weight excluding hydrogens is 241 g/mol. The highest BCUT2D eigenvalue weighted by molar-refractivity contribution is 7.80. The van der Waals surface area contributed by atoms with Crippen LogP contribution < -0.4 is 16.2 Å². The summed E-state index contributed by atoms with van der Waals surface area (Å²) in [6.07, 6.45) is -0.372. The quantitative estimate of drug-likeness (QED) is 0.155. The van der Waals surface area contributed by atoms with E-state index in [4.69, 9.17) is 0 Å². The molecule has 0 aromatic carbocycles. The summed E-state index contributed by atoms with van der Waals surface area (Å²) in [7, 11) is 1.89. The molecule has 0 aliphatic carbocycles. The summed E-state index contributed by atoms with van der Waals surface area (Å²) < 4.78 is 4.42. The van der Waals surface area contributed by atoms with E-state index in [0.29, 0.717) is 0 Å². The molecule has 0 aliphatic rings. The van der Waals surface area contributed by atoms with Gasteiger partial charge in [0.25, 0.3) is 5.91 Å². The van der Waals surface area contributed by atoms with Crippen molar-refractivity contribution in [3.8, 4) is 0 Å². The summed E-state index contributed by atoms with van der Waals surface area (Å²) in [6.45, 7) is -0.201. The fourth-order valence-corrected chi connectivity index (χ4v) is 0.920. The Morgan fingerprint density at radius 3 is 2.27 bits per heavy atom. The van der Waals surface area contributed by atoms with Gasteiger partial charge in [0, 0.05) is 9.47 Å². The topological polar surface area (TPSA) is 96.5 Å². The molecule has 0 aromatic rings. The van der Waals surface area contributed by atoms with Crippen molar-refractivity contribution < 1.29 is 18.9 Å². The minimum atomic E-state index is -0.619. The van der Waals surface area contributed by atoms with Gasteiger partial charge < -0.3 is 9.84 Å². The Balaban J connectivity index is 3.66. The van der Waals surface area contributed by atoms with Crippen LogP contribution >= 0.6 is 22.1 Å². The van der Waals surface area contributed by atoms with E-state index in [1.807, 2.05) is 14.9 Å². The van der Waals surface area contributed by atoms with Crippen molar-refractivity contribution in [2.75, 3.05) is 12.5 Å². The monoisotopic (exact) mass is 253 g/mol. The summed E-state index contributed by atoms with van der Waals surface area (Å²) in [5.74, 6) is -1.46. The van der Waals surface area contributed by atoms with Crippen LogP contribution in [-0.4, -0.2) is 30.2 Å². The number of hydrogen-bond donors (Lipinski definition) is 4. The van der Waals surface area contributed by atoms with Gasteiger partial charge in [-0.15, -0.1) is 0 Å². The maximum Gasteiger partial charge on any atom is 0.264 e. The van der Waals surface area contributed by atoms with Crippen LogP contribution in [0.5, 0.6) is 0 Å². The highest BCUT2D eigenvalue weighted by atomic mass is 32.1. The molecule has 3 amide bonds. The maximum atomic E-state index is 11.0. The largest absolute Gasteiger partial charge is 0.356 e. The van der Waals surface area contributed by atoms with E-state index in [0.717, 1.165) is 0 Å². The molecule has 0 heterocycles. The van der Waals surface area contributed by atoms with Crippen molar-refractivity contribution in [2.45, 2.75) is 6.42 Å². The summed E-state index contributed by atoms with van der Waals surface area (Å²) in [6, 6.07) is 0. The van der Waals surface area contributed by atoms with Gasteiger partial charge in [-0.2, -0.15) is 12.6 Å². The molecule has 0 saturated heterocycles. The zero-order valence-electron chi connectivity index (χ0n) is 7.78. The molecule has 9 heteroatoms. The molecule has 3 N–H and O–H groups in total. The molecule has 1 unspecified atom stereocenters. The first kappa shape index (κ1) is 14.2. The lowest BCUT2D eigenvalue weighted by atomic mass is 10.4. The third-order valence-corrected chi connectivity index (χ3v) is 1.48. The summed E-state index contributed by atoms with van der Waals surface area (Å²) >= 11 is 3.74. The van der Waals surface area contributed by atoms with E-state index in [2.05, 4.69) is 27.9 Å². The molecule has 15 heavy (non-hydrogen) atoms. The molecular formula is C6H12N3O4PS. The molecule has 0 fully saturated rings. The van der Waals surface area contributed by atoms with Gasteiger partial charge in [-0.25, -0.2) is 0 Å². The van der Waals surface area contributed by atoms with Crippen LogP contribution in [0.15, 0.2) is 0 Å². The Labute approximate surface area is 94.4 Å². The van der Waals surface area contributed by atoms with E-state index in [9.17, 15) is 14.4 Å².